The molecule has 0 aliphatic rings. The van der Waals surface area contributed by atoms with Crippen molar-refractivity contribution >= 4 is 23.4 Å². The van der Waals surface area contributed by atoms with E-state index in [0.29, 0.717) is 0 Å². The van der Waals surface area contributed by atoms with Crippen LogP contribution in [0.15, 0.2) is 71.5 Å². The van der Waals surface area contributed by atoms with Gasteiger partial charge in [-0.05, 0) is 22.4 Å². The maximum Gasteiger partial charge on any atom is 0.307 e. The number of allylic oxidation sites excluding steroid dienone is 8. The van der Waals surface area contributed by atoms with E-state index in [9.17, 15) is 4.79 Å². The molecule has 1 aromatic heterocycles. The molecule has 0 saturated carbocycles. The van der Waals surface area contributed by atoms with Crippen molar-refractivity contribution in [3.63, 3.8) is 0 Å². The van der Waals surface area contributed by atoms with Gasteiger partial charge in [0.25, 0.3) is 0 Å². The van der Waals surface area contributed by atoms with Gasteiger partial charge in [-0.2, -0.15) is 11.3 Å². The minimum atomic E-state index is -0.819. The van der Waals surface area contributed by atoms with Gasteiger partial charge < -0.3 is 5.11 Å². The largest absolute Gasteiger partial charge is 0.481 e. The van der Waals surface area contributed by atoms with E-state index in [1.807, 2.05) is 47.9 Å². The van der Waals surface area contributed by atoms with Gasteiger partial charge >= 0.3 is 5.97 Å². The Morgan fingerprint density at radius 1 is 1.05 bits per heavy atom. The molecule has 19 heavy (non-hydrogen) atoms. The number of hydrogen-bond acceptors (Lipinski definition) is 2. The van der Waals surface area contributed by atoms with Crippen molar-refractivity contribution in [2.75, 3.05) is 0 Å². The summed E-state index contributed by atoms with van der Waals surface area (Å²) in [5, 5.41) is 12.5. The highest BCUT2D eigenvalue weighted by atomic mass is 32.1. The van der Waals surface area contributed by atoms with Crippen LogP contribution in [-0.2, 0) is 4.79 Å². The molecule has 0 saturated heterocycles. The predicted molar refractivity (Wildman–Crippen MR) is 82.2 cm³/mol. The molecule has 0 atom stereocenters. The highest BCUT2D eigenvalue weighted by Crippen LogP contribution is 2.07. The molecule has 2 nitrogen and oxygen atoms in total. The Morgan fingerprint density at radius 2 is 1.68 bits per heavy atom. The van der Waals surface area contributed by atoms with Gasteiger partial charge in [-0.25, -0.2) is 0 Å². The highest BCUT2D eigenvalue weighted by molar-refractivity contribution is 7.08. The summed E-state index contributed by atoms with van der Waals surface area (Å²) in [5.74, 6) is -0.819. The number of rotatable bonds is 7. The van der Waals surface area contributed by atoms with Gasteiger partial charge in [0.05, 0.1) is 6.42 Å². The van der Waals surface area contributed by atoms with E-state index < -0.39 is 5.97 Å². The zero-order valence-corrected chi connectivity index (χ0v) is 11.3. The summed E-state index contributed by atoms with van der Waals surface area (Å²) in [5.41, 5.74) is 1.21. The molecule has 0 unspecified atom stereocenters. The first-order valence-corrected chi connectivity index (χ1v) is 6.80. The Labute approximate surface area is 117 Å². The maximum absolute atomic E-state index is 10.2. The zero-order valence-electron chi connectivity index (χ0n) is 10.5. The SMILES string of the molecule is O=C(O)CC=CC=CC=CC=CC=Cc1ccsc1. The van der Waals surface area contributed by atoms with Gasteiger partial charge in [0.2, 0.25) is 0 Å². The molecule has 0 amide bonds. The number of carbonyl (C=O) groups is 1. The molecule has 0 fully saturated rings. The van der Waals surface area contributed by atoms with Crippen molar-refractivity contribution in [2.45, 2.75) is 6.42 Å². The minimum Gasteiger partial charge on any atom is -0.481 e. The number of carboxylic acid groups (broad SMARTS) is 1. The van der Waals surface area contributed by atoms with Gasteiger partial charge in [-0.15, -0.1) is 0 Å². The summed E-state index contributed by atoms with van der Waals surface area (Å²) in [4.78, 5) is 10.2. The lowest BCUT2D eigenvalue weighted by Gasteiger charge is -1.80. The van der Waals surface area contributed by atoms with E-state index in [1.54, 1.807) is 29.6 Å². The Bertz CT molecular complexity index is 503. The fourth-order valence-electron chi connectivity index (χ4n) is 1.17. The van der Waals surface area contributed by atoms with Crippen LogP contribution in [0.25, 0.3) is 6.08 Å². The first-order valence-electron chi connectivity index (χ1n) is 5.86. The van der Waals surface area contributed by atoms with Crippen LogP contribution in [0, 0.1) is 0 Å². The van der Waals surface area contributed by atoms with Crippen LogP contribution in [-0.4, -0.2) is 11.1 Å². The van der Waals surface area contributed by atoms with E-state index in [4.69, 9.17) is 5.11 Å². The number of carboxylic acids is 1. The molecule has 3 heteroatoms. The standard InChI is InChI=1S/C16H16O2S/c17-16(18)11-9-7-5-3-1-2-4-6-8-10-15-12-13-19-14-15/h1-10,12-14H,11H2,(H,17,18). The Morgan fingerprint density at radius 3 is 2.26 bits per heavy atom. The van der Waals surface area contributed by atoms with Crippen molar-refractivity contribution in [1.29, 1.82) is 0 Å². The lowest BCUT2D eigenvalue weighted by atomic mass is 10.3. The molecule has 0 aromatic carbocycles. The lowest BCUT2D eigenvalue weighted by Crippen LogP contribution is -1.89. The smallest absolute Gasteiger partial charge is 0.307 e. The number of thiophene rings is 1. The third-order valence-electron chi connectivity index (χ3n) is 2.04. The topological polar surface area (TPSA) is 37.3 Å². The molecular formula is C16H16O2S. The summed E-state index contributed by atoms with van der Waals surface area (Å²) in [6.45, 7) is 0. The number of hydrogen-bond donors (Lipinski definition) is 1. The average molecular weight is 272 g/mol. The molecular weight excluding hydrogens is 256 g/mol. The van der Waals surface area contributed by atoms with E-state index in [1.165, 1.54) is 5.56 Å². The van der Waals surface area contributed by atoms with Crippen molar-refractivity contribution in [2.24, 2.45) is 0 Å². The third-order valence-corrected chi connectivity index (χ3v) is 2.74. The van der Waals surface area contributed by atoms with Crippen molar-refractivity contribution in [1.82, 2.24) is 0 Å². The molecule has 1 N–H and O–H groups in total. The minimum absolute atomic E-state index is 0.0569. The van der Waals surface area contributed by atoms with E-state index in [-0.39, 0.29) is 6.42 Å². The molecule has 0 aliphatic carbocycles. The molecule has 0 spiro atoms. The Balaban J connectivity index is 2.21. The van der Waals surface area contributed by atoms with Gasteiger partial charge in [-0.1, -0.05) is 60.8 Å². The van der Waals surface area contributed by atoms with Crippen LogP contribution in [0.2, 0.25) is 0 Å². The fraction of sp³-hybridized carbons (Fsp3) is 0.0625. The van der Waals surface area contributed by atoms with Crippen molar-refractivity contribution < 1.29 is 9.90 Å². The van der Waals surface area contributed by atoms with E-state index in [2.05, 4.69) is 11.4 Å². The van der Waals surface area contributed by atoms with Crippen LogP contribution in [0.3, 0.4) is 0 Å². The summed E-state index contributed by atoms with van der Waals surface area (Å²) < 4.78 is 0. The second-order valence-electron chi connectivity index (χ2n) is 3.60. The second-order valence-corrected chi connectivity index (χ2v) is 4.38. The molecule has 1 rings (SSSR count). The average Bonchev–Trinajstić information content (AvgIpc) is 2.88. The Hall–Kier alpha value is -2.13. The predicted octanol–water partition coefficient (Wildman–Crippen LogP) is 4.46. The van der Waals surface area contributed by atoms with Gasteiger partial charge in [-0.3, -0.25) is 4.79 Å². The quantitative estimate of drug-likeness (QED) is 0.744. The number of aliphatic carboxylic acids is 1. The normalized spacial score (nSPS) is 12.8. The highest BCUT2D eigenvalue weighted by Gasteiger charge is 1.86. The van der Waals surface area contributed by atoms with Gasteiger partial charge in [0.15, 0.2) is 0 Å². The monoisotopic (exact) mass is 272 g/mol. The summed E-state index contributed by atoms with van der Waals surface area (Å²) in [7, 11) is 0. The van der Waals surface area contributed by atoms with Crippen LogP contribution >= 0.6 is 11.3 Å². The molecule has 0 aliphatic heterocycles. The van der Waals surface area contributed by atoms with Crippen molar-refractivity contribution in [3.8, 4) is 0 Å². The third kappa shape index (κ3) is 8.57. The van der Waals surface area contributed by atoms with Crippen molar-refractivity contribution in [3.05, 3.63) is 77.1 Å². The fourth-order valence-corrected chi connectivity index (χ4v) is 1.80. The lowest BCUT2D eigenvalue weighted by molar-refractivity contribution is -0.135. The maximum atomic E-state index is 10.2. The Kier molecular flexibility index (Phi) is 7.74. The molecule has 1 heterocycles. The van der Waals surface area contributed by atoms with Gasteiger partial charge in [0.1, 0.15) is 0 Å². The van der Waals surface area contributed by atoms with Crippen LogP contribution in [0.5, 0.6) is 0 Å². The molecule has 98 valence electrons. The first kappa shape index (κ1) is 14.9. The summed E-state index contributed by atoms with van der Waals surface area (Å²) in [6.07, 6.45) is 18.8. The van der Waals surface area contributed by atoms with Crippen LogP contribution in [0.1, 0.15) is 12.0 Å². The molecule has 1 aromatic rings. The zero-order chi connectivity index (χ0) is 13.8. The molecule has 0 bridgehead atoms. The summed E-state index contributed by atoms with van der Waals surface area (Å²) in [6, 6.07) is 2.07. The van der Waals surface area contributed by atoms with Crippen LogP contribution in [0.4, 0.5) is 0 Å². The van der Waals surface area contributed by atoms with E-state index >= 15 is 0 Å². The van der Waals surface area contributed by atoms with Gasteiger partial charge in [0, 0.05) is 0 Å². The van der Waals surface area contributed by atoms with E-state index in [0.717, 1.165) is 0 Å². The summed E-state index contributed by atoms with van der Waals surface area (Å²) >= 11 is 1.68. The molecule has 0 radical (unpaired) electrons. The first-order chi connectivity index (χ1) is 9.29. The second kappa shape index (κ2) is 9.85. The van der Waals surface area contributed by atoms with Crippen LogP contribution < -0.4 is 0 Å².